The molecule has 9 nitrogen and oxygen atoms in total. The summed E-state index contributed by atoms with van der Waals surface area (Å²) in [5.41, 5.74) is 0. The van der Waals surface area contributed by atoms with E-state index in [0.29, 0.717) is 39.1 Å². The zero-order chi connectivity index (χ0) is 24.3. The van der Waals surface area contributed by atoms with E-state index in [0.717, 1.165) is 44.9 Å². The average molecular weight is 510 g/mol. The van der Waals surface area contributed by atoms with Crippen LogP contribution in [0.25, 0.3) is 0 Å². The van der Waals surface area contributed by atoms with Crippen LogP contribution in [0.3, 0.4) is 0 Å². The van der Waals surface area contributed by atoms with Gasteiger partial charge < -0.3 is 14.4 Å². The molecule has 0 amide bonds. The Kier molecular flexibility index (Phi) is 8.65. The number of piperazine rings is 1. The standard InChI is InChI=1S/C25H43N5O4S/c26-18-23-25(29-12-10-28(11-13-29)19-20-4-2-1-3-5-20)34-24(27-23)21-6-8-22(9-7-21)35(31,32)30-14-16-33-17-15-30/h20-25,27H,1-17,19H2. The van der Waals surface area contributed by atoms with E-state index in [2.05, 4.69) is 21.2 Å². The van der Waals surface area contributed by atoms with Crippen LogP contribution in [-0.4, -0.2) is 105 Å². The predicted octanol–water partition coefficient (Wildman–Crippen LogP) is 1.57. The molecule has 0 bridgehead atoms. The molecular weight excluding hydrogens is 466 g/mol. The number of ether oxygens (including phenoxy) is 2. The Morgan fingerprint density at radius 3 is 2.23 bits per heavy atom. The Labute approximate surface area is 211 Å². The van der Waals surface area contributed by atoms with Crippen LogP contribution in [-0.2, 0) is 19.5 Å². The van der Waals surface area contributed by atoms with Gasteiger partial charge in [-0.15, -0.1) is 0 Å². The largest absolute Gasteiger partial charge is 0.379 e. The Morgan fingerprint density at radius 1 is 0.886 bits per heavy atom. The van der Waals surface area contributed by atoms with Crippen molar-refractivity contribution < 1.29 is 17.9 Å². The average Bonchev–Trinajstić information content (AvgIpc) is 3.35. The van der Waals surface area contributed by atoms with Crippen molar-refractivity contribution in [3.63, 3.8) is 0 Å². The van der Waals surface area contributed by atoms with Crippen molar-refractivity contribution in [2.75, 3.05) is 59.0 Å². The normalized spacial score (nSPS) is 37.3. The van der Waals surface area contributed by atoms with Crippen LogP contribution >= 0.6 is 0 Å². The van der Waals surface area contributed by atoms with Crippen molar-refractivity contribution >= 4 is 10.0 Å². The first kappa shape index (κ1) is 25.8. The smallest absolute Gasteiger partial charge is 0.217 e. The summed E-state index contributed by atoms with van der Waals surface area (Å²) >= 11 is 0. The quantitative estimate of drug-likeness (QED) is 0.576. The van der Waals surface area contributed by atoms with Crippen LogP contribution in [0.2, 0.25) is 0 Å². The number of sulfonamides is 1. The molecule has 0 aromatic carbocycles. The molecular formula is C25H43N5O4S. The molecule has 0 aromatic heterocycles. The van der Waals surface area contributed by atoms with Gasteiger partial charge in [-0.1, -0.05) is 19.3 Å². The highest BCUT2D eigenvalue weighted by molar-refractivity contribution is 7.89. The van der Waals surface area contributed by atoms with E-state index < -0.39 is 10.0 Å². The fourth-order valence-electron chi connectivity index (χ4n) is 6.81. The van der Waals surface area contributed by atoms with Crippen molar-refractivity contribution in [2.45, 2.75) is 81.5 Å². The Balaban J connectivity index is 1.10. The lowest BCUT2D eigenvalue weighted by molar-refractivity contribution is -0.0917. The second kappa shape index (κ2) is 11.7. The molecule has 2 aliphatic carbocycles. The fraction of sp³-hybridized carbons (Fsp3) is 0.960. The van der Waals surface area contributed by atoms with Crippen LogP contribution in [0.1, 0.15) is 57.8 Å². The van der Waals surface area contributed by atoms with E-state index >= 15 is 0 Å². The molecule has 5 aliphatic rings. The Hall–Kier alpha value is -0.800. The molecule has 3 heterocycles. The molecule has 0 radical (unpaired) electrons. The second-order valence-electron chi connectivity index (χ2n) is 11.2. The topological polar surface area (TPSA) is 98.1 Å². The molecule has 3 unspecified atom stereocenters. The zero-order valence-corrected chi connectivity index (χ0v) is 21.8. The van der Waals surface area contributed by atoms with Crippen molar-refractivity contribution in [1.82, 2.24) is 19.4 Å². The second-order valence-corrected chi connectivity index (χ2v) is 13.4. The minimum absolute atomic E-state index is 0.169. The van der Waals surface area contributed by atoms with Gasteiger partial charge >= 0.3 is 0 Å². The third-order valence-electron chi connectivity index (χ3n) is 8.96. The maximum Gasteiger partial charge on any atom is 0.217 e. The fourth-order valence-corrected chi connectivity index (χ4v) is 8.76. The maximum absolute atomic E-state index is 13.0. The van der Waals surface area contributed by atoms with E-state index in [1.54, 1.807) is 4.31 Å². The van der Waals surface area contributed by atoms with E-state index in [-0.39, 0.29) is 29.7 Å². The number of hydrogen-bond donors (Lipinski definition) is 1. The molecule has 3 atom stereocenters. The molecule has 5 rings (SSSR count). The van der Waals surface area contributed by atoms with Crippen molar-refractivity contribution in [3.05, 3.63) is 0 Å². The molecule has 3 saturated heterocycles. The molecule has 198 valence electrons. The van der Waals surface area contributed by atoms with Crippen molar-refractivity contribution in [1.29, 1.82) is 5.26 Å². The first-order valence-corrected chi connectivity index (χ1v) is 15.4. The summed E-state index contributed by atoms with van der Waals surface area (Å²) in [7, 11) is -3.26. The number of nitriles is 1. The summed E-state index contributed by atoms with van der Waals surface area (Å²) in [4.78, 5) is 4.94. The van der Waals surface area contributed by atoms with Crippen LogP contribution in [0.5, 0.6) is 0 Å². The summed E-state index contributed by atoms with van der Waals surface area (Å²) in [5, 5.41) is 12.9. The van der Waals surface area contributed by atoms with Gasteiger partial charge in [-0.2, -0.15) is 9.57 Å². The lowest BCUT2D eigenvalue weighted by atomic mass is 9.87. The van der Waals surface area contributed by atoms with Gasteiger partial charge in [-0.25, -0.2) is 8.42 Å². The highest BCUT2D eigenvalue weighted by atomic mass is 32.2. The summed E-state index contributed by atoms with van der Waals surface area (Å²) in [6.45, 7) is 7.10. The molecule has 35 heavy (non-hydrogen) atoms. The maximum atomic E-state index is 13.0. The minimum Gasteiger partial charge on any atom is -0.379 e. The van der Waals surface area contributed by atoms with Crippen LogP contribution in [0, 0.1) is 23.2 Å². The Bertz CT molecular complexity index is 823. The molecule has 5 fully saturated rings. The molecule has 2 saturated carbocycles. The van der Waals surface area contributed by atoms with Gasteiger partial charge in [-0.05, 0) is 50.4 Å². The van der Waals surface area contributed by atoms with Crippen LogP contribution < -0.4 is 5.32 Å². The van der Waals surface area contributed by atoms with Gasteiger partial charge in [0, 0.05) is 45.8 Å². The summed E-state index contributed by atoms with van der Waals surface area (Å²) in [6.07, 6.45) is 9.50. The van der Waals surface area contributed by atoms with Gasteiger partial charge in [0.15, 0.2) is 0 Å². The van der Waals surface area contributed by atoms with E-state index in [9.17, 15) is 13.7 Å². The van der Waals surface area contributed by atoms with Gasteiger partial charge in [0.05, 0.1) is 24.5 Å². The van der Waals surface area contributed by atoms with Crippen LogP contribution in [0.4, 0.5) is 0 Å². The number of nitrogens with one attached hydrogen (secondary N) is 1. The molecule has 1 N–H and O–H groups in total. The summed E-state index contributed by atoms with van der Waals surface area (Å²) < 4.78 is 39.5. The minimum atomic E-state index is -3.26. The monoisotopic (exact) mass is 509 g/mol. The Morgan fingerprint density at radius 2 is 1.57 bits per heavy atom. The van der Waals surface area contributed by atoms with Gasteiger partial charge in [0.2, 0.25) is 10.0 Å². The number of morpholine rings is 1. The highest BCUT2D eigenvalue weighted by Gasteiger charge is 2.45. The third-order valence-corrected chi connectivity index (χ3v) is 11.4. The first-order chi connectivity index (χ1) is 17.0. The summed E-state index contributed by atoms with van der Waals surface area (Å²) in [6, 6.07) is 2.09. The van der Waals surface area contributed by atoms with E-state index in [1.807, 2.05) is 0 Å². The number of rotatable bonds is 6. The molecule has 3 aliphatic heterocycles. The SMILES string of the molecule is N#CC1NC(C2CCC(S(=O)(=O)N3CCOCC3)CC2)OC1N1CCN(CC2CCCCC2)CC1. The molecule has 10 heteroatoms. The van der Waals surface area contributed by atoms with Crippen LogP contribution in [0.15, 0.2) is 0 Å². The zero-order valence-electron chi connectivity index (χ0n) is 21.0. The lowest BCUT2D eigenvalue weighted by Crippen LogP contribution is -2.54. The predicted molar refractivity (Wildman–Crippen MR) is 133 cm³/mol. The lowest BCUT2D eigenvalue weighted by Gasteiger charge is -2.40. The highest BCUT2D eigenvalue weighted by Crippen LogP contribution is 2.35. The molecule has 0 aromatic rings. The van der Waals surface area contributed by atoms with E-state index in [4.69, 9.17) is 9.47 Å². The molecule has 0 spiro atoms. The van der Waals surface area contributed by atoms with Crippen molar-refractivity contribution in [2.24, 2.45) is 11.8 Å². The van der Waals surface area contributed by atoms with Gasteiger partial charge in [0.1, 0.15) is 18.5 Å². The van der Waals surface area contributed by atoms with Gasteiger partial charge in [-0.3, -0.25) is 10.2 Å². The number of hydrogen-bond acceptors (Lipinski definition) is 8. The summed E-state index contributed by atoms with van der Waals surface area (Å²) in [5.74, 6) is 1.11. The van der Waals surface area contributed by atoms with E-state index in [1.165, 1.54) is 38.6 Å². The number of nitrogens with zero attached hydrogens (tertiary/aromatic N) is 4. The van der Waals surface area contributed by atoms with Gasteiger partial charge in [0.25, 0.3) is 0 Å². The first-order valence-electron chi connectivity index (χ1n) is 13.9. The van der Waals surface area contributed by atoms with Crippen molar-refractivity contribution in [3.8, 4) is 6.07 Å². The third kappa shape index (κ3) is 6.03.